The van der Waals surface area contributed by atoms with Gasteiger partial charge in [-0.3, -0.25) is 4.79 Å². The lowest BCUT2D eigenvalue weighted by Gasteiger charge is -2.07. The SMILES string of the molecule is C=CCn1c(C)cc(C(=O)COc2ccc(Cl)cc2)c1C. The topological polar surface area (TPSA) is 31.2 Å². The van der Waals surface area contributed by atoms with Gasteiger partial charge in [-0.05, 0) is 44.2 Å². The summed E-state index contributed by atoms with van der Waals surface area (Å²) in [7, 11) is 0. The van der Waals surface area contributed by atoms with Crippen LogP contribution in [0.25, 0.3) is 0 Å². The second-order valence-electron chi connectivity index (χ2n) is 4.85. The first-order chi connectivity index (χ1) is 10.0. The highest BCUT2D eigenvalue weighted by Crippen LogP contribution is 2.18. The van der Waals surface area contributed by atoms with Crippen molar-refractivity contribution in [1.29, 1.82) is 0 Å². The Morgan fingerprint density at radius 2 is 2.00 bits per heavy atom. The van der Waals surface area contributed by atoms with Gasteiger partial charge in [0.1, 0.15) is 5.75 Å². The van der Waals surface area contributed by atoms with Gasteiger partial charge >= 0.3 is 0 Å². The van der Waals surface area contributed by atoms with E-state index in [0.29, 0.717) is 22.9 Å². The highest BCUT2D eigenvalue weighted by Gasteiger charge is 2.15. The Bertz CT molecular complexity index is 656. The molecular weight excluding hydrogens is 286 g/mol. The largest absolute Gasteiger partial charge is 0.485 e. The summed E-state index contributed by atoms with van der Waals surface area (Å²) in [6, 6.07) is 8.86. The second-order valence-corrected chi connectivity index (χ2v) is 5.29. The van der Waals surface area contributed by atoms with E-state index in [1.54, 1.807) is 24.3 Å². The van der Waals surface area contributed by atoms with Gasteiger partial charge in [0, 0.05) is 28.5 Å². The summed E-state index contributed by atoms with van der Waals surface area (Å²) >= 11 is 5.81. The quantitative estimate of drug-likeness (QED) is 0.591. The number of nitrogens with zero attached hydrogens (tertiary/aromatic N) is 1. The summed E-state index contributed by atoms with van der Waals surface area (Å²) in [5.41, 5.74) is 2.68. The van der Waals surface area contributed by atoms with E-state index in [1.807, 2.05) is 26.0 Å². The van der Waals surface area contributed by atoms with Crippen molar-refractivity contribution in [3.05, 3.63) is 65.0 Å². The summed E-state index contributed by atoms with van der Waals surface area (Å²) < 4.78 is 7.56. The van der Waals surface area contributed by atoms with Crippen molar-refractivity contribution < 1.29 is 9.53 Å². The maximum atomic E-state index is 12.3. The van der Waals surface area contributed by atoms with Crippen LogP contribution in [0.4, 0.5) is 0 Å². The van der Waals surface area contributed by atoms with E-state index >= 15 is 0 Å². The Labute approximate surface area is 129 Å². The molecule has 1 heterocycles. The third kappa shape index (κ3) is 3.56. The fraction of sp³-hybridized carbons (Fsp3) is 0.235. The van der Waals surface area contributed by atoms with Crippen molar-refractivity contribution in [2.75, 3.05) is 6.61 Å². The molecule has 1 aromatic heterocycles. The molecule has 0 amide bonds. The van der Waals surface area contributed by atoms with Gasteiger partial charge in [-0.25, -0.2) is 0 Å². The van der Waals surface area contributed by atoms with Crippen LogP contribution in [0.2, 0.25) is 5.02 Å². The van der Waals surface area contributed by atoms with Crippen LogP contribution < -0.4 is 4.74 Å². The average molecular weight is 304 g/mol. The Morgan fingerprint density at radius 1 is 1.33 bits per heavy atom. The van der Waals surface area contributed by atoms with Crippen molar-refractivity contribution in [2.45, 2.75) is 20.4 Å². The van der Waals surface area contributed by atoms with Gasteiger partial charge in [0.25, 0.3) is 0 Å². The Hall–Kier alpha value is -2.00. The number of ether oxygens (including phenoxy) is 1. The van der Waals surface area contributed by atoms with Crippen LogP contribution in [0.1, 0.15) is 21.7 Å². The number of hydrogen-bond acceptors (Lipinski definition) is 2. The predicted octanol–water partition coefficient (Wildman–Crippen LogP) is 4.21. The van der Waals surface area contributed by atoms with E-state index in [1.165, 1.54) is 0 Å². The Morgan fingerprint density at radius 3 is 2.62 bits per heavy atom. The maximum absolute atomic E-state index is 12.3. The lowest BCUT2D eigenvalue weighted by molar-refractivity contribution is 0.0921. The Kier molecular flexibility index (Phi) is 4.86. The summed E-state index contributed by atoms with van der Waals surface area (Å²) in [6.07, 6.45) is 1.82. The van der Waals surface area contributed by atoms with Crippen molar-refractivity contribution in [1.82, 2.24) is 4.57 Å². The zero-order valence-electron chi connectivity index (χ0n) is 12.2. The molecule has 3 nitrogen and oxygen atoms in total. The highest BCUT2D eigenvalue weighted by molar-refractivity contribution is 6.30. The van der Waals surface area contributed by atoms with E-state index in [2.05, 4.69) is 11.1 Å². The monoisotopic (exact) mass is 303 g/mol. The fourth-order valence-corrected chi connectivity index (χ4v) is 2.38. The van der Waals surface area contributed by atoms with Crippen LogP contribution >= 0.6 is 11.6 Å². The van der Waals surface area contributed by atoms with Crippen LogP contribution in [0.15, 0.2) is 43.0 Å². The first-order valence-corrected chi connectivity index (χ1v) is 7.10. The lowest BCUT2D eigenvalue weighted by Crippen LogP contribution is -2.12. The van der Waals surface area contributed by atoms with E-state index in [4.69, 9.17) is 16.3 Å². The fourth-order valence-electron chi connectivity index (χ4n) is 2.25. The summed E-state index contributed by atoms with van der Waals surface area (Å²) in [4.78, 5) is 12.3. The Balaban J connectivity index is 2.08. The van der Waals surface area contributed by atoms with Gasteiger partial charge in [-0.15, -0.1) is 6.58 Å². The maximum Gasteiger partial charge on any atom is 0.202 e. The van der Waals surface area contributed by atoms with Crippen LogP contribution in [-0.4, -0.2) is 17.0 Å². The zero-order chi connectivity index (χ0) is 15.4. The highest BCUT2D eigenvalue weighted by atomic mass is 35.5. The number of rotatable bonds is 6. The zero-order valence-corrected chi connectivity index (χ0v) is 13.0. The molecule has 1 aromatic carbocycles. The van der Waals surface area contributed by atoms with Gasteiger partial charge < -0.3 is 9.30 Å². The molecule has 0 aliphatic rings. The number of aryl methyl sites for hydroxylation is 1. The molecule has 0 spiro atoms. The number of carbonyl (C=O) groups is 1. The lowest BCUT2D eigenvalue weighted by atomic mass is 10.1. The van der Waals surface area contributed by atoms with Gasteiger partial charge in [-0.2, -0.15) is 0 Å². The molecule has 110 valence electrons. The first kappa shape index (κ1) is 15.4. The average Bonchev–Trinajstić information content (AvgIpc) is 2.75. The van der Waals surface area contributed by atoms with Crippen molar-refractivity contribution in [3.63, 3.8) is 0 Å². The molecule has 0 saturated heterocycles. The van der Waals surface area contributed by atoms with Gasteiger partial charge in [0.15, 0.2) is 6.61 Å². The number of halogens is 1. The summed E-state index contributed by atoms with van der Waals surface area (Å²) in [5, 5.41) is 0.640. The summed E-state index contributed by atoms with van der Waals surface area (Å²) in [6.45, 7) is 8.36. The van der Waals surface area contributed by atoms with Crippen LogP contribution in [-0.2, 0) is 6.54 Å². The number of allylic oxidation sites excluding steroid dienone is 1. The summed E-state index contributed by atoms with van der Waals surface area (Å²) in [5.74, 6) is 0.598. The van der Waals surface area contributed by atoms with E-state index in [0.717, 1.165) is 11.4 Å². The number of benzene rings is 1. The smallest absolute Gasteiger partial charge is 0.202 e. The van der Waals surface area contributed by atoms with Crippen molar-refractivity contribution in [3.8, 4) is 5.75 Å². The molecule has 0 bridgehead atoms. The van der Waals surface area contributed by atoms with Crippen LogP contribution in [0.5, 0.6) is 5.75 Å². The van der Waals surface area contributed by atoms with E-state index in [9.17, 15) is 4.79 Å². The molecule has 2 aromatic rings. The minimum Gasteiger partial charge on any atom is -0.485 e. The molecule has 2 rings (SSSR count). The first-order valence-electron chi connectivity index (χ1n) is 6.72. The molecule has 0 aliphatic heterocycles. The minimum atomic E-state index is -0.0339. The molecular formula is C17H18ClNO2. The number of hydrogen-bond donors (Lipinski definition) is 0. The molecule has 0 atom stereocenters. The number of aromatic nitrogens is 1. The number of carbonyl (C=O) groups excluding carboxylic acids is 1. The normalized spacial score (nSPS) is 10.4. The van der Waals surface area contributed by atoms with Crippen LogP contribution in [0, 0.1) is 13.8 Å². The molecule has 0 unspecified atom stereocenters. The van der Waals surface area contributed by atoms with Crippen LogP contribution in [0.3, 0.4) is 0 Å². The third-order valence-corrected chi connectivity index (χ3v) is 3.62. The molecule has 0 saturated carbocycles. The van der Waals surface area contributed by atoms with Crippen molar-refractivity contribution >= 4 is 17.4 Å². The van der Waals surface area contributed by atoms with Gasteiger partial charge in [-0.1, -0.05) is 17.7 Å². The minimum absolute atomic E-state index is 0.0139. The molecule has 0 aliphatic carbocycles. The molecule has 0 N–H and O–H groups in total. The molecule has 21 heavy (non-hydrogen) atoms. The van der Waals surface area contributed by atoms with Gasteiger partial charge in [0.05, 0.1) is 0 Å². The van der Waals surface area contributed by atoms with Gasteiger partial charge in [0.2, 0.25) is 5.78 Å². The number of ketones is 1. The standard InChI is InChI=1S/C17H18ClNO2/c1-4-9-19-12(2)10-16(13(19)3)17(20)11-21-15-7-5-14(18)6-8-15/h4-8,10H,1,9,11H2,2-3H3. The molecule has 0 fully saturated rings. The second kappa shape index (κ2) is 6.64. The van der Waals surface area contributed by atoms with E-state index in [-0.39, 0.29) is 12.4 Å². The molecule has 0 radical (unpaired) electrons. The molecule has 4 heteroatoms. The van der Waals surface area contributed by atoms with E-state index < -0.39 is 0 Å². The predicted molar refractivity (Wildman–Crippen MR) is 85.4 cm³/mol. The third-order valence-electron chi connectivity index (χ3n) is 3.37. The number of Topliss-reactive ketones (excluding diaryl/α,β-unsaturated/α-hetero) is 1. The van der Waals surface area contributed by atoms with Crippen molar-refractivity contribution in [2.24, 2.45) is 0 Å².